The zero-order valence-electron chi connectivity index (χ0n) is 10.6. The molecule has 4 heteroatoms. The van der Waals surface area contributed by atoms with Crippen molar-refractivity contribution in [1.29, 1.82) is 0 Å². The van der Waals surface area contributed by atoms with Gasteiger partial charge in [0.1, 0.15) is 0 Å². The summed E-state index contributed by atoms with van der Waals surface area (Å²) in [5.41, 5.74) is 0. The molecule has 0 unspecified atom stereocenters. The molecule has 0 aromatic carbocycles. The highest BCUT2D eigenvalue weighted by Gasteiger charge is 2.25. The molecule has 2 heterocycles. The predicted octanol–water partition coefficient (Wildman–Crippen LogP) is 1.40. The van der Waals surface area contributed by atoms with Crippen molar-refractivity contribution < 1.29 is 4.79 Å². The van der Waals surface area contributed by atoms with Crippen LogP contribution in [-0.4, -0.2) is 66.5 Å². The molecular formula is C13H23N3O. The third-order valence-electron chi connectivity index (χ3n) is 3.66. The molecule has 0 radical (unpaired) electrons. The second kappa shape index (κ2) is 6.05. The van der Waals surface area contributed by atoms with Crippen molar-refractivity contribution in [2.45, 2.75) is 19.3 Å². The molecule has 0 aliphatic carbocycles. The Bertz CT molecular complexity index is 266. The molecule has 2 amide bonds. The fourth-order valence-corrected chi connectivity index (χ4v) is 2.59. The van der Waals surface area contributed by atoms with Crippen molar-refractivity contribution in [2.75, 3.05) is 45.8 Å². The molecule has 0 bridgehead atoms. The summed E-state index contributed by atoms with van der Waals surface area (Å²) in [6, 6.07) is 0.253. The lowest BCUT2D eigenvalue weighted by Crippen LogP contribution is -2.53. The molecule has 0 atom stereocenters. The summed E-state index contributed by atoms with van der Waals surface area (Å²) >= 11 is 0. The van der Waals surface area contributed by atoms with E-state index in [4.69, 9.17) is 0 Å². The molecule has 2 fully saturated rings. The Morgan fingerprint density at radius 2 is 1.53 bits per heavy atom. The van der Waals surface area contributed by atoms with Crippen LogP contribution in [0.1, 0.15) is 19.3 Å². The van der Waals surface area contributed by atoms with Gasteiger partial charge in [-0.15, -0.1) is 6.58 Å². The van der Waals surface area contributed by atoms with Gasteiger partial charge in [-0.3, -0.25) is 4.90 Å². The monoisotopic (exact) mass is 237 g/mol. The van der Waals surface area contributed by atoms with Crippen molar-refractivity contribution >= 4 is 6.03 Å². The Morgan fingerprint density at radius 1 is 0.941 bits per heavy atom. The fourth-order valence-electron chi connectivity index (χ4n) is 2.59. The van der Waals surface area contributed by atoms with Crippen LogP contribution in [0.15, 0.2) is 12.7 Å². The quantitative estimate of drug-likeness (QED) is 0.679. The summed E-state index contributed by atoms with van der Waals surface area (Å²) in [4.78, 5) is 18.6. The van der Waals surface area contributed by atoms with Gasteiger partial charge in [0, 0.05) is 45.8 Å². The van der Waals surface area contributed by atoms with Crippen LogP contribution < -0.4 is 0 Å². The number of amides is 2. The first-order valence-electron chi connectivity index (χ1n) is 6.68. The van der Waals surface area contributed by atoms with Crippen molar-refractivity contribution in [2.24, 2.45) is 0 Å². The molecular weight excluding hydrogens is 214 g/mol. The normalized spacial score (nSPS) is 22.6. The van der Waals surface area contributed by atoms with Gasteiger partial charge >= 0.3 is 6.03 Å². The van der Waals surface area contributed by atoms with Crippen LogP contribution in [0, 0.1) is 0 Å². The molecule has 0 saturated carbocycles. The van der Waals surface area contributed by atoms with Gasteiger partial charge in [0.15, 0.2) is 0 Å². The van der Waals surface area contributed by atoms with Crippen LogP contribution in [0.5, 0.6) is 0 Å². The number of likely N-dealkylation sites (tertiary alicyclic amines) is 1. The second-order valence-corrected chi connectivity index (χ2v) is 4.91. The molecule has 2 aliphatic rings. The minimum Gasteiger partial charge on any atom is -0.325 e. The maximum Gasteiger partial charge on any atom is 0.320 e. The van der Waals surface area contributed by atoms with Gasteiger partial charge < -0.3 is 9.80 Å². The maximum absolute atomic E-state index is 12.2. The number of piperidine rings is 1. The minimum absolute atomic E-state index is 0.253. The van der Waals surface area contributed by atoms with Crippen LogP contribution in [0.2, 0.25) is 0 Å². The Hall–Kier alpha value is -1.03. The van der Waals surface area contributed by atoms with Gasteiger partial charge in [0.25, 0.3) is 0 Å². The second-order valence-electron chi connectivity index (χ2n) is 4.91. The topological polar surface area (TPSA) is 26.8 Å². The third kappa shape index (κ3) is 3.22. The first-order chi connectivity index (χ1) is 8.31. The first-order valence-corrected chi connectivity index (χ1v) is 6.68. The predicted molar refractivity (Wildman–Crippen MR) is 69.0 cm³/mol. The number of piperazine rings is 1. The molecule has 0 aromatic heterocycles. The van der Waals surface area contributed by atoms with Crippen LogP contribution in [0.25, 0.3) is 0 Å². The number of nitrogens with zero attached hydrogens (tertiary/aromatic N) is 3. The molecule has 2 saturated heterocycles. The summed E-state index contributed by atoms with van der Waals surface area (Å²) in [5, 5.41) is 0. The van der Waals surface area contributed by atoms with E-state index in [2.05, 4.69) is 11.5 Å². The van der Waals surface area contributed by atoms with E-state index in [-0.39, 0.29) is 6.03 Å². The van der Waals surface area contributed by atoms with E-state index in [0.29, 0.717) is 0 Å². The Balaban J connectivity index is 1.79. The van der Waals surface area contributed by atoms with Gasteiger partial charge in [-0.2, -0.15) is 0 Å². The SMILES string of the molecule is C=CCN1CCN(C(=O)N2CCCCC2)CC1. The lowest BCUT2D eigenvalue weighted by molar-refractivity contribution is 0.111. The molecule has 17 heavy (non-hydrogen) atoms. The molecule has 0 spiro atoms. The largest absolute Gasteiger partial charge is 0.325 e. The first kappa shape index (κ1) is 12.4. The average molecular weight is 237 g/mol. The number of hydrogen-bond acceptors (Lipinski definition) is 2. The van der Waals surface area contributed by atoms with Crippen LogP contribution in [-0.2, 0) is 0 Å². The van der Waals surface area contributed by atoms with E-state index in [1.54, 1.807) is 0 Å². The van der Waals surface area contributed by atoms with Crippen molar-refractivity contribution in [3.63, 3.8) is 0 Å². The summed E-state index contributed by atoms with van der Waals surface area (Å²) in [5.74, 6) is 0. The van der Waals surface area contributed by atoms with Gasteiger partial charge in [0.2, 0.25) is 0 Å². The zero-order valence-corrected chi connectivity index (χ0v) is 10.6. The van der Waals surface area contributed by atoms with E-state index in [0.717, 1.165) is 45.8 Å². The van der Waals surface area contributed by atoms with Crippen molar-refractivity contribution in [3.8, 4) is 0 Å². The minimum atomic E-state index is 0.253. The molecule has 96 valence electrons. The smallest absolute Gasteiger partial charge is 0.320 e. The van der Waals surface area contributed by atoms with Crippen LogP contribution in [0.3, 0.4) is 0 Å². The van der Waals surface area contributed by atoms with Crippen molar-refractivity contribution in [1.82, 2.24) is 14.7 Å². The number of urea groups is 1. The highest BCUT2D eigenvalue weighted by Crippen LogP contribution is 2.12. The number of hydrogen-bond donors (Lipinski definition) is 0. The third-order valence-corrected chi connectivity index (χ3v) is 3.66. The van der Waals surface area contributed by atoms with Gasteiger partial charge in [-0.25, -0.2) is 4.79 Å². The highest BCUT2D eigenvalue weighted by molar-refractivity contribution is 5.74. The standard InChI is InChI=1S/C13H23N3O/c1-2-6-14-9-11-16(12-10-14)13(17)15-7-4-3-5-8-15/h2H,1,3-12H2. The lowest BCUT2D eigenvalue weighted by atomic mass is 10.1. The van der Waals surface area contributed by atoms with E-state index < -0.39 is 0 Å². The Kier molecular flexibility index (Phi) is 4.42. The van der Waals surface area contributed by atoms with Crippen LogP contribution >= 0.6 is 0 Å². The highest BCUT2D eigenvalue weighted by atomic mass is 16.2. The summed E-state index contributed by atoms with van der Waals surface area (Å²) in [6.45, 7) is 10.3. The zero-order chi connectivity index (χ0) is 12.1. The average Bonchev–Trinajstić information content (AvgIpc) is 2.40. The Labute approximate surface area is 104 Å². The number of rotatable bonds is 2. The van der Waals surface area contributed by atoms with E-state index in [1.807, 2.05) is 15.9 Å². The summed E-state index contributed by atoms with van der Waals surface area (Å²) in [6.07, 6.45) is 5.54. The van der Waals surface area contributed by atoms with Crippen molar-refractivity contribution in [3.05, 3.63) is 12.7 Å². The summed E-state index contributed by atoms with van der Waals surface area (Å²) in [7, 11) is 0. The van der Waals surface area contributed by atoms with Gasteiger partial charge in [0.05, 0.1) is 0 Å². The number of carbonyl (C=O) groups excluding carboxylic acids is 1. The van der Waals surface area contributed by atoms with E-state index in [9.17, 15) is 4.79 Å². The number of carbonyl (C=O) groups is 1. The molecule has 2 rings (SSSR count). The molecule has 0 aromatic rings. The maximum atomic E-state index is 12.2. The molecule has 4 nitrogen and oxygen atoms in total. The van der Waals surface area contributed by atoms with Gasteiger partial charge in [-0.1, -0.05) is 6.08 Å². The van der Waals surface area contributed by atoms with Gasteiger partial charge in [-0.05, 0) is 19.3 Å². The lowest BCUT2D eigenvalue weighted by Gasteiger charge is -2.38. The van der Waals surface area contributed by atoms with E-state index in [1.165, 1.54) is 19.3 Å². The molecule has 0 N–H and O–H groups in total. The van der Waals surface area contributed by atoms with Crippen LogP contribution in [0.4, 0.5) is 4.79 Å². The van der Waals surface area contributed by atoms with E-state index >= 15 is 0 Å². The fraction of sp³-hybridized carbons (Fsp3) is 0.769. The molecule has 2 aliphatic heterocycles. The Morgan fingerprint density at radius 3 is 2.12 bits per heavy atom. The summed E-state index contributed by atoms with van der Waals surface area (Å²) < 4.78 is 0.